The Balaban J connectivity index is 1.62. The van der Waals surface area contributed by atoms with Gasteiger partial charge in [-0.3, -0.25) is 14.6 Å². The molecule has 0 aliphatic carbocycles. The summed E-state index contributed by atoms with van der Waals surface area (Å²) in [5, 5.41) is 4.60. The molecule has 2 aromatic heterocycles. The van der Waals surface area contributed by atoms with Gasteiger partial charge < -0.3 is 20.4 Å². The average Bonchev–Trinajstić information content (AvgIpc) is 3.04. The van der Waals surface area contributed by atoms with Crippen LogP contribution in [0.25, 0.3) is 11.0 Å². The largest absolute Gasteiger partial charge is 0.573 e. The molecule has 0 saturated heterocycles. The highest BCUT2D eigenvalue weighted by atomic mass is 19.4. The van der Waals surface area contributed by atoms with E-state index in [9.17, 15) is 27.2 Å². The number of hydrogen-bond acceptors (Lipinski definition) is 4. The Morgan fingerprint density at radius 2 is 1.96 bits per heavy atom. The molecular formula is C17H12F4N4O3. The number of nitrogens with one attached hydrogen (secondary N) is 3. The summed E-state index contributed by atoms with van der Waals surface area (Å²) in [6, 6.07) is 6.12. The molecule has 3 rings (SSSR count). The van der Waals surface area contributed by atoms with Gasteiger partial charge in [0.1, 0.15) is 5.52 Å². The molecule has 7 nitrogen and oxygen atoms in total. The van der Waals surface area contributed by atoms with Crippen molar-refractivity contribution in [1.82, 2.24) is 15.3 Å². The molecule has 11 heteroatoms. The van der Waals surface area contributed by atoms with Crippen LogP contribution >= 0.6 is 0 Å². The lowest BCUT2D eigenvalue weighted by molar-refractivity contribution is -0.275. The van der Waals surface area contributed by atoms with Gasteiger partial charge in [0.15, 0.2) is 11.6 Å². The normalized spacial score (nSPS) is 11.3. The van der Waals surface area contributed by atoms with Crippen LogP contribution in [0.15, 0.2) is 42.7 Å². The zero-order chi connectivity index (χ0) is 20.3. The lowest BCUT2D eigenvalue weighted by Crippen LogP contribution is -2.35. The van der Waals surface area contributed by atoms with E-state index in [4.69, 9.17) is 0 Å². The van der Waals surface area contributed by atoms with Crippen LogP contribution in [0.2, 0.25) is 0 Å². The summed E-state index contributed by atoms with van der Waals surface area (Å²) in [7, 11) is 0. The number of alkyl halides is 3. The molecule has 0 fully saturated rings. The first-order chi connectivity index (χ1) is 13.2. The lowest BCUT2D eigenvalue weighted by atomic mass is 10.2. The van der Waals surface area contributed by atoms with Crippen LogP contribution in [0, 0.1) is 5.82 Å². The first kappa shape index (κ1) is 19.1. The highest BCUT2D eigenvalue weighted by Crippen LogP contribution is 2.26. The molecule has 0 aliphatic heterocycles. The third-order valence-corrected chi connectivity index (χ3v) is 3.56. The number of benzene rings is 1. The Kier molecular flexibility index (Phi) is 5.16. The van der Waals surface area contributed by atoms with Crippen LogP contribution in [-0.2, 0) is 16.1 Å². The zero-order valence-electron chi connectivity index (χ0n) is 13.9. The second-order valence-electron chi connectivity index (χ2n) is 5.55. The van der Waals surface area contributed by atoms with Gasteiger partial charge in [-0.15, -0.1) is 13.2 Å². The standard InChI is InChI=1S/C17H12F4N4O3/c18-10-4-3-9(6-13(10)28-17(19,20)21)7-24-15(26)16(27)25-12-8-23-11-2-1-5-22-14(11)12/h1-6,8,23H,7H2,(H,24,26)(H,25,27). The van der Waals surface area contributed by atoms with Crippen molar-refractivity contribution in [1.29, 1.82) is 0 Å². The average molecular weight is 396 g/mol. The number of carbonyl (C=O) groups is 2. The van der Waals surface area contributed by atoms with Gasteiger partial charge in [0.25, 0.3) is 0 Å². The van der Waals surface area contributed by atoms with Crippen molar-refractivity contribution in [3.8, 4) is 5.75 Å². The number of halogens is 4. The van der Waals surface area contributed by atoms with Crippen LogP contribution in [0.3, 0.4) is 0 Å². The summed E-state index contributed by atoms with van der Waals surface area (Å²) >= 11 is 0. The number of pyridine rings is 1. The summed E-state index contributed by atoms with van der Waals surface area (Å²) in [5.74, 6) is -4.28. The molecule has 28 heavy (non-hydrogen) atoms. The van der Waals surface area contributed by atoms with E-state index >= 15 is 0 Å². The SMILES string of the molecule is O=C(NCc1ccc(F)c(OC(F)(F)F)c1)C(=O)Nc1c[nH]c2cccnc12. The van der Waals surface area contributed by atoms with Crippen molar-refractivity contribution in [3.63, 3.8) is 0 Å². The second-order valence-corrected chi connectivity index (χ2v) is 5.55. The van der Waals surface area contributed by atoms with Gasteiger partial charge in [-0.1, -0.05) is 6.07 Å². The lowest BCUT2D eigenvalue weighted by Gasteiger charge is -2.11. The molecule has 2 amide bonds. The van der Waals surface area contributed by atoms with Crippen LogP contribution in [-0.4, -0.2) is 28.1 Å². The number of H-pyrrole nitrogens is 1. The quantitative estimate of drug-likeness (QED) is 0.467. The number of fused-ring (bicyclic) bond motifs is 1. The van der Waals surface area contributed by atoms with Gasteiger partial charge in [-0.05, 0) is 29.8 Å². The summed E-state index contributed by atoms with van der Waals surface area (Å²) in [6.07, 6.45) is -2.08. The first-order valence-corrected chi connectivity index (χ1v) is 7.78. The molecular weight excluding hydrogens is 384 g/mol. The molecule has 0 bridgehead atoms. The fourth-order valence-corrected chi connectivity index (χ4v) is 2.35. The van der Waals surface area contributed by atoms with Crippen molar-refractivity contribution < 1.29 is 31.9 Å². The minimum atomic E-state index is -5.06. The maximum atomic E-state index is 13.4. The Morgan fingerprint density at radius 3 is 2.71 bits per heavy atom. The number of carbonyl (C=O) groups excluding carboxylic acids is 2. The molecule has 2 heterocycles. The third kappa shape index (κ3) is 4.55. The summed E-state index contributed by atoms with van der Waals surface area (Å²) in [4.78, 5) is 30.9. The number of anilines is 1. The van der Waals surface area contributed by atoms with Crippen molar-refractivity contribution in [2.24, 2.45) is 0 Å². The van der Waals surface area contributed by atoms with Gasteiger partial charge in [0.2, 0.25) is 0 Å². The molecule has 3 N–H and O–H groups in total. The maximum Gasteiger partial charge on any atom is 0.573 e. The summed E-state index contributed by atoms with van der Waals surface area (Å²) in [6.45, 7) is -0.313. The predicted octanol–water partition coefficient (Wildman–Crippen LogP) is 2.86. The number of rotatable bonds is 4. The predicted molar refractivity (Wildman–Crippen MR) is 89.7 cm³/mol. The number of hydrogen-bond donors (Lipinski definition) is 3. The van der Waals surface area contributed by atoms with Gasteiger partial charge in [-0.2, -0.15) is 0 Å². The van der Waals surface area contributed by atoms with Crippen molar-refractivity contribution in [2.45, 2.75) is 12.9 Å². The van der Waals surface area contributed by atoms with Crippen molar-refractivity contribution in [2.75, 3.05) is 5.32 Å². The molecule has 0 spiro atoms. The van der Waals surface area contributed by atoms with E-state index in [1.165, 1.54) is 12.4 Å². The Hall–Kier alpha value is -3.63. The van der Waals surface area contributed by atoms with E-state index in [1.807, 2.05) is 0 Å². The Labute approximate surface area is 154 Å². The Bertz CT molecular complexity index is 1030. The molecule has 0 unspecified atom stereocenters. The van der Waals surface area contributed by atoms with Gasteiger partial charge in [-0.25, -0.2) is 4.39 Å². The molecule has 3 aromatic rings. The number of ether oxygens (including phenoxy) is 1. The van der Waals surface area contributed by atoms with Crippen LogP contribution < -0.4 is 15.4 Å². The molecule has 0 radical (unpaired) electrons. The van der Waals surface area contributed by atoms with Crippen LogP contribution in [0.1, 0.15) is 5.56 Å². The minimum Gasteiger partial charge on any atom is -0.403 e. The smallest absolute Gasteiger partial charge is 0.403 e. The van der Waals surface area contributed by atoms with E-state index in [0.29, 0.717) is 16.7 Å². The zero-order valence-corrected chi connectivity index (χ0v) is 13.9. The highest BCUT2D eigenvalue weighted by Gasteiger charge is 2.32. The van der Waals surface area contributed by atoms with E-state index in [-0.39, 0.29) is 12.1 Å². The van der Waals surface area contributed by atoms with E-state index in [1.54, 1.807) is 12.1 Å². The van der Waals surface area contributed by atoms with Crippen LogP contribution in [0.5, 0.6) is 5.75 Å². The second kappa shape index (κ2) is 7.55. The van der Waals surface area contributed by atoms with Gasteiger partial charge in [0.05, 0.1) is 11.2 Å². The highest BCUT2D eigenvalue weighted by molar-refractivity contribution is 6.40. The molecule has 0 saturated carbocycles. The van der Waals surface area contributed by atoms with E-state index < -0.39 is 29.7 Å². The summed E-state index contributed by atoms with van der Waals surface area (Å²) < 4.78 is 53.7. The molecule has 0 aliphatic rings. The van der Waals surface area contributed by atoms with Gasteiger partial charge in [0, 0.05) is 18.9 Å². The first-order valence-electron chi connectivity index (χ1n) is 7.78. The van der Waals surface area contributed by atoms with E-state index in [2.05, 4.69) is 25.3 Å². The number of amides is 2. The van der Waals surface area contributed by atoms with E-state index in [0.717, 1.165) is 18.2 Å². The Morgan fingerprint density at radius 1 is 1.18 bits per heavy atom. The number of aromatic nitrogens is 2. The number of nitrogens with zero attached hydrogens (tertiary/aromatic N) is 1. The minimum absolute atomic E-state index is 0.107. The monoisotopic (exact) mass is 396 g/mol. The fraction of sp³-hybridized carbons (Fsp3) is 0.118. The molecule has 1 aromatic carbocycles. The topological polar surface area (TPSA) is 96.1 Å². The fourth-order valence-electron chi connectivity index (χ4n) is 2.35. The summed E-state index contributed by atoms with van der Waals surface area (Å²) in [5.41, 5.74) is 1.51. The van der Waals surface area contributed by atoms with Crippen molar-refractivity contribution >= 4 is 28.5 Å². The number of aromatic amines is 1. The molecule has 146 valence electrons. The third-order valence-electron chi connectivity index (χ3n) is 3.56. The van der Waals surface area contributed by atoms with Crippen molar-refractivity contribution in [3.05, 3.63) is 54.1 Å². The molecule has 0 atom stereocenters. The van der Waals surface area contributed by atoms with Crippen LogP contribution in [0.4, 0.5) is 23.2 Å². The maximum absolute atomic E-state index is 13.4. The van der Waals surface area contributed by atoms with Gasteiger partial charge >= 0.3 is 18.2 Å².